The van der Waals surface area contributed by atoms with Crippen LogP contribution in [0.5, 0.6) is 0 Å². The summed E-state index contributed by atoms with van der Waals surface area (Å²) in [6.07, 6.45) is 5.04. The fraction of sp³-hybridized carbons (Fsp3) is 0.556. The fourth-order valence-corrected chi connectivity index (χ4v) is 4.68. The molecule has 0 saturated heterocycles. The van der Waals surface area contributed by atoms with Crippen molar-refractivity contribution in [1.29, 1.82) is 0 Å². The van der Waals surface area contributed by atoms with Crippen molar-refractivity contribution in [3.8, 4) is 0 Å². The average molecular weight is 375 g/mol. The Bertz CT molecular complexity index is 971. The SMILES string of the molecule is Cc1c(C(=O)NCC2(C(=O)O)CC2)sc2nc3n(c(=O)c12)CCCCC3. The van der Waals surface area contributed by atoms with Crippen LogP contribution in [-0.4, -0.2) is 33.1 Å². The lowest BCUT2D eigenvalue weighted by atomic mass is 10.1. The molecule has 3 heterocycles. The number of aromatic nitrogens is 2. The van der Waals surface area contributed by atoms with E-state index in [1.807, 2.05) is 0 Å². The van der Waals surface area contributed by atoms with E-state index in [0.29, 0.717) is 40.0 Å². The van der Waals surface area contributed by atoms with Gasteiger partial charge < -0.3 is 10.4 Å². The minimum absolute atomic E-state index is 0.0658. The van der Waals surface area contributed by atoms with Crippen molar-refractivity contribution >= 4 is 33.4 Å². The van der Waals surface area contributed by atoms with Crippen LogP contribution in [0.4, 0.5) is 0 Å². The van der Waals surface area contributed by atoms with E-state index in [9.17, 15) is 19.5 Å². The second-order valence-corrected chi connectivity index (χ2v) is 8.30. The molecule has 8 heteroatoms. The molecule has 0 atom stereocenters. The number of thiophene rings is 1. The third-order valence-electron chi connectivity index (χ3n) is 5.51. The molecule has 138 valence electrons. The minimum Gasteiger partial charge on any atom is -0.481 e. The van der Waals surface area contributed by atoms with Gasteiger partial charge in [0.1, 0.15) is 10.7 Å². The van der Waals surface area contributed by atoms with Gasteiger partial charge in [-0.2, -0.15) is 0 Å². The number of hydrogen-bond donors (Lipinski definition) is 2. The number of amides is 1. The summed E-state index contributed by atoms with van der Waals surface area (Å²) in [5, 5.41) is 12.5. The van der Waals surface area contributed by atoms with Crippen molar-refractivity contribution in [2.75, 3.05) is 6.54 Å². The summed E-state index contributed by atoms with van der Waals surface area (Å²) >= 11 is 1.22. The van der Waals surface area contributed by atoms with Crippen LogP contribution in [0.3, 0.4) is 0 Å². The first-order valence-corrected chi connectivity index (χ1v) is 9.79. The Morgan fingerprint density at radius 3 is 2.77 bits per heavy atom. The van der Waals surface area contributed by atoms with Gasteiger partial charge in [-0.1, -0.05) is 6.42 Å². The molecular formula is C18H21N3O4S. The molecular weight excluding hydrogens is 354 g/mol. The van der Waals surface area contributed by atoms with E-state index in [4.69, 9.17) is 0 Å². The molecule has 7 nitrogen and oxygen atoms in total. The number of rotatable bonds is 4. The Hall–Kier alpha value is -2.22. The topological polar surface area (TPSA) is 101 Å². The highest BCUT2D eigenvalue weighted by molar-refractivity contribution is 7.20. The van der Waals surface area contributed by atoms with Crippen LogP contribution in [0.15, 0.2) is 4.79 Å². The first-order valence-electron chi connectivity index (χ1n) is 8.97. The number of carbonyl (C=O) groups is 2. The highest BCUT2D eigenvalue weighted by atomic mass is 32.1. The van der Waals surface area contributed by atoms with Crippen LogP contribution in [0.1, 0.15) is 53.2 Å². The third-order valence-corrected chi connectivity index (χ3v) is 6.70. The van der Waals surface area contributed by atoms with Crippen molar-refractivity contribution in [2.24, 2.45) is 5.41 Å². The molecule has 4 rings (SSSR count). The number of nitrogens with zero attached hydrogens (tertiary/aromatic N) is 2. The predicted molar refractivity (Wildman–Crippen MR) is 97.8 cm³/mol. The zero-order chi connectivity index (χ0) is 18.5. The van der Waals surface area contributed by atoms with Gasteiger partial charge in [0, 0.05) is 19.5 Å². The van der Waals surface area contributed by atoms with Crippen molar-refractivity contribution in [1.82, 2.24) is 14.9 Å². The van der Waals surface area contributed by atoms with Gasteiger partial charge in [0.25, 0.3) is 11.5 Å². The molecule has 1 aliphatic carbocycles. The van der Waals surface area contributed by atoms with Crippen molar-refractivity contribution in [3.05, 3.63) is 26.6 Å². The molecule has 2 N–H and O–H groups in total. The second-order valence-electron chi connectivity index (χ2n) is 7.30. The van der Waals surface area contributed by atoms with E-state index in [0.717, 1.165) is 31.5 Å². The lowest BCUT2D eigenvalue weighted by molar-refractivity contribution is -0.143. The fourth-order valence-electron chi connectivity index (χ4n) is 3.57. The molecule has 2 aromatic rings. The number of carboxylic acids is 1. The number of fused-ring (bicyclic) bond motifs is 2. The van der Waals surface area contributed by atoms with Crippen molar-refractivity contribution in [2.45, 2.75) is 52.0 Å². The smallest absolute Gasteiger partial charge is 0.311 e. The van der Waals surface area contributed by atoms with Gasteiger partial charge in [-0.3, -0.25) is 19.0 Å². The number of carbonyl (C=O) groups excluding carboxylic acids is 1. The number of aryl methyl sites for hydroxylation is 2. The van der Waals surface area contributed by atoms with Gasteiger partial charge in [-0.15, -0.1) is 11.3 Å². The second kappa shape index (κ2) is 6.19. The molecule has 26 heavy (non-hydrogen) atoms. The first kappa shape index (κ1) is 17.2. The third kappa shape index (κ3) is 2.72. The molecule has 2 aromatic heterocycles. The summed E-state index contributed by atoms with van der Waals surface area (Å²) in [5.74, 6) is -0.386. The van der Waals surface area contributed by atoms with Gasteiger partial charge in [-0.25, -0.2) is 4.98 Å². The Balaban J connectivity index is 1.67. The van der Waals surface area contributed by atoms with Crippen LogP contribution in [0.2, 0.25) is 0 Å². The number of carboxylic acid groups (broad SMARTS) is 1. The monoisotopic (exact) mass is 375 g/mol. The van der Waals surface area contributed by atoms with Crippen LogP contribution in [-0.2, 0) is 17.8 Å². The van der Waals surface area contributed by atoms with Gasteiger partial charge in [0.15, 0.2) is 0 Å². The Kier molecular flexibility index (Phi) is 4.10. The number of nitrogens with one attached hydrogen (secondary N) is 1. The van der Waals surface area contributed by atoms with E-state index in [1.54, 1.807) is 11.5 Å². The zero-order valence-electron chi connectivity index (χ0n) is 14.6. The summed E-state index contributed by atoms with van der Waals surface area (Å²) in [4.78, 5) is 42.5. The Labute approximate surface area is 154 Å². The largest absolute Gasteiger partial charge is 0.481 e. The van der Waals surface area contributed by atoms with Gasteiger partial charge >= 0.3 is 5.97 Å². The van der Waals surface area contributed by atoms with Crippen molar-refractivity contribution < 1.29 is 14.7 Å². The van der Waals surface area contributed by atoms with Crippen molar-refractivity contribution in [3.63, 3.8) is 0 Å². The van der Waals surface area contributed by atoms with Crippen LogP contribution in [0, 0.1) is 12.3 Å². The molecule has 2 aliphatic rings. The standard InChI is InChI=1S/C18H21N3O4S/c1-10-12-15(20-11-5-3-2-4-8-21(11)16(12)23)26-13(10)14(22)19-9-18(6-7-18)17(24)25/h2-9H2,1H3,(H,19,22)(H,24,25). The number of hydrogen-bond acceptors (Lipinski definition) is 5. The Morgan fingerprint density at radius 2 is 2.08 bits per heavy atom. The predicted octanol–water partition coefficient (Wildman–Crippen LogP) is 2.09. The molecule has 0 unspecified atom stereocenters. The zero-order valence-corrected chi connectivity index (χ0v) is 15.4. The van der Waals surface area contributed by atoms with Crippen LogP contribution < -0.4 is 10.9 Å². The maximum atomic E-state index is 12.9. The minimum atomic E-state index is -0.866. The summed E-state index contributed by atoms with van der Waals surface area (Å²) in [7, 11) is 0. The van der Waals surface area contributed by atoms with E-state index in [-0.39, 0.29) is 18.0 Å². The van der Waals surface area contributed by atoms with Gasteiger partial charge in [0.2, 0.25) is 0 Å². The number of aliphatic carboxylic acids is 1. The van der Waals surface area contributed by atoms with Gasteiger partial charge in [0.05, 0.1) is 15.7 Å². The lowest BCUT2D eigenvalue weighted by Crippen LogP contribution is -2.34. The molecule has 0 spiro atoms. The van der Waals surface area contributed by atoms with Crippen LogP contribution in [0.25, 0.3) is 10.2 Å². The maximum absolute atomic E-state index is 12.9. The first-order chi connectivity index (χ1) is 12.4. The molecule has 1 amide bonds. The van der Waals surface area contributed by atoms with E-state index < -0.39 is 11.4 Å². The molecule has 0 radical (unpaired) electrons. The lowest BCUT2D eigenvalue weighted by Gasteiger charge is -2.10. The molecule has 1 aliphatic heterocycles. The van der Waals surface area contributed by atoms with E-state index in [1.165, 1.54) is 11.3 Å². The normalized spacial score (nSPS) is 18.2. The quantitative estimate of drug-likeness (QED) is 0.852. The molecule has 1 saturated carbocycles. The summed E-state index contributed by atoms with van der Waals surface area (Å²) in [6.45, 7) is 2.57. The average Bonchev–Trinajstić information content (AvgIpc) is 3.36. The van der Waals surface area contributed by atoms with E-state index >= 15 is 0 Å². The Morgan fingerprint density at radius 1 is 1.31 bits per heavy atom. The summed E-state index contributed by atoms with van der Waals surface area (Å²) < 4.78 is 1.75. The van der Waals surface area contributed by atoms with Gasteiger partial charge in [-0.05, 0) is 38.2 Å². The van der Waals surface area contributed by atoms with Crippen LogP contribution >= 0.6 is 11.3 Å². The highest BCUT2D eigenvalue weighted by Crippen LogP contribution is 2.45. The molecule has 1 fully saturated rings. The summed E-state index contributed by atoms with van der Waals surface area (Å²) in [5.41, 5.74) is -0.237. The highest BCUT2D eigenvalue weighted by Gasteiger charge is 2.50. The molecule has 0 bridgehead atoms. The summed E-state index contributed by atoms with van der Waals surface area (Å²) in [6, 6.07) is 0. The molecule has 0 aromatic carbocycles. The maximum Gasteiger partial charge on any atom is 0.311 e. The van der Waals surface area contributed by atoms with E-state index in [2.05, 4.69) is 10.3 Å².